The maximum absolute atomic E-state index is 10.3. The Balaban J connectivity index is 0.00000169. The Kier molecular flexibility index (Phi) is 6.46. The fourth-order valence-corrected chi connectivity index (χ4v) is 1.49. The zero-order valence-electron chi connectivity index (χ0n) is 7.31. The second-order valence-electron chi connectivity index (χ2n) is 2.41. The first-order chi connectivity index (χ1) is 6.00. The van der Waals surface area contributed by atoms with Crippen LogP contribution in [0.3, 0.4) is 0 Å². The number of carboxylic acid groups (broad SMARTS) is 1. The van der Waals surface area contributed by atoms with Crippen LogP contribution in [0.5, 0.6) is 0 Å². The maximum Gasteiger partial charge on any atom is 1.00 e. The van der Waals surface area contributed by atoms with E-state index in [0.717, 1.165) is 0 Å². The van der Waals surface area contributed by atoms with Crippen LogP contribution in [0, 0.1) is 0 Å². The predicted octanol–water partition coefficient (Wildman–Crippen LogP) is -1.06. The monoisotopic (exact) mass is 260 g/mol. The fraction of sp³-hybridized carbons (Fsp3) is 0.125. The summed E-state index contributed by atoms with van der Waals surface area (Å²) in [4.78, 5) is 10.3. The molecule has 1 aromatic rings. The van der Waals surface area contributed by atoms with Gasteiger partial charge in [-0.05, 0) is 17.7 Å². The number of benzene rings is 1. The van der Waals surface area contributed by atoms with Gasteiger partial charge in [-0.3, -0.25) is 0 Å². The number of carbonyl (C=O) groups is 1. The topological polar surface area (TPSA) is 40.1 Å². The summed E-state index contributed by atoms with van der Waals surface area (Å²) in [6.07, 6.45) is -0.268. The molecule has 0 heterocycles. The van der Waals surface area contributed by atoms with Crippen LogP contribution in [-0.4, -0.2) is 5.97 Å². The van der Waals surface area contributed by atoms with Crippen LogP contribution in [0.15, 0.2) is 12.1 Å². The van der Waals surface area contributed by atoms with E-state index in [1.165, 1.54) is 12.1 Å². The van der Waals surface area contributed by atoms with Crippen molar-refractivity contribution in [1.82, 2.24) is 0 Å². The van der Waals surface area contributed by atoms with Crippen LogP contribution in [0.2, 0.25) is 15.1 Å². The summed E-state index contributed by atoms with van der Waals surface area (Å²) in [6, 6.07) is 2.83. The molecular weight excluding hydrogens is 257 g/mol. The Morgan fingerprint density at radius 1 is 1.14 bits per heavy atom. The maximum atomic E-state index is 10.3. The molecule has 0 aliphatic rings. The number of carboxylic acids is 1. The first-order valence-corrected chi connectivity index (χ1v) is 4.47. The van der Waals surface area contributed by atoms with Crippen molar-refractivity contribution in [2.45, 2.75) is 6.42 Å². The molecule has 0 bridgehead atoms. The molecule has 0 spiro atoms. The number of hydrogen-bond acceptors (Lipinski definition) is 2. The fourth-order valence-electron chi connectivity index (χ4n) is 0.855. The van der Waals surface area contributed by atoms with Crippen molar-refractivity contribution in [3.05, 3.63) is 32.8 Å². The van der Waals surface area contributed by atoms with E-state index >= 15 is 0 Å². The molecule has 6 heteroatoms. The molecule has 1 aromatic carbocycles. The Morgan fingerprint density at radius 3 is 2.14 bits per heavy atom. The Morgan fingerprint density at radius 2 is 1.64 bits per heavy atom. The van der Waals surface area contributed by atoms with Crippen LogP contribution in [0.25, 0.3) is 0 Å². The smallest absolute Gasteiger partial charge is 0.550 e. The minimum absolute atomic E-state index is 0. The summed E-state index contributed by atoms with van der Waals surface area (Å²) in [6.45, 7) is 0. The van der Waals surface area contributed by atoms with Crippen LogP contribution < -0.4 is 34.7 Å². The van der Waals surface area contributed by atoms with Crippen molar-refractivity contribution in [2.24, 2.45) is 0 Å². The number of carbonyl (C=O) groups excluding carboxylic acids is 1. The van der Waals surface area contributed by atoms with Crippen molar-refractivity contribution >= 4 is 40.8 Å². The van der Waals surface area contributed by atoms with Gasteiger partial charge in [0, 0.05) is 17.4 Å². The van der Waals surface area contributed by atoms with Gasteiger partial charge in [0.25, 0.3) is 0 Å². The summed E-state index contributed by atoms with van der Waals surface area (Å²) >= 11 is 17.0. The van der Waals surface area contributed by atoms with Crippen LogP contribution >= 0.6 is 34.8 Å². The van der Waals surface area contributed by atoms with Crippen LogP contribution in [0.1, 0.15) is 5.56 Å². The Labute approximate surface area is 118 Å². The standard InChI is InChI=1S/C8H5Cl3O2.Na/c9-5-3-7(11)6(10)1-4(5)2-8(12)13;/h1,3H,2H2,(H,12,13);/q;+1/p-1. The van der Waals surface area contributed by atoms with E-state index in [1.54, 1.807) is 0 Å². The van der Waals surface area contributed by atoms with E-state index in [0.29, 0.717) is 10.6 Å². The molecule has 0 saturated heterocycles. The third-order valence-electron chi connectivity index (χ3n) is 1.42. The molecule has 70 valence electrons. The number of halogens is 3. The molecule has 0 unspecified atom stereocenters. The van der Waals surface area contributed by atoms with Gasteiger partial charge in [-0.2, -0.15) is 0 Å². The molecule has 1 rings (SSSR count). The van der Waals surface area contributed by atoms with Gasteiger partial charge in [0.1, 0.15) is 0 Å². The largest absolute Gasteiger partial charge is 1.00 e. The molecule has 0 amide bonds. The van der Waals surface area contributed by atoms with Crippen molar-refractivity contribution < 1.29 is 39.5 Å². The summed E-state index contributed by atoms with van der Waals surface area (Å²) in [5.41, 5.74) is 0.399. The minimum atomic E-state index is -1.21. The average Bonchev–Trinajstić information content (AvgIpc) is 1.99. The molecule has 0 saturated carbocycles. The molecule has 2 nitrogen and oxygen atoms in total. The molecule has 0 radical (unpaired) electrons. The first kappa shape index (κ1) is 14.6. The minimum Gasteiger partial charge on any atom is -0.550 e. The zero-order valence-corrected chi connectivity index (χ0v) is 11.6. The third kappa shape index (κ3) is 3.97. The van der Waals surface area contributed by atoms with Crippen LogP contribution in [-0.2, 0) is 11.2 Å². The third-order valence-corrected chi connectivity index (χ3v) is 2.50. The summed E-state index contributed by atoms with van der Waals surface area (Å²) in [5.74, 6) is -1.21. The van der Waals surface area contributed by atoms with Gasteiger partial charge in [0.05, 0.1) is 10.0 Å². The normalized spacial score (nSPS) is 9.36. The average molecular weight is 261 g/mol. The molecular formula is C8H4Cl3NaO2. The number of rotatable bonds is 2. The van der Waals surface area contributed by atoms with Gasteiger partial charge in [-0.25, -0.2) is 0 Å². The molecule has 0 atom stereocenters. The van der Waals surface area contributed by atoms with Crippen molar-refractivity contribution in [1.29, 1.82) is 0 Å². The van der Waals surface area contributed by atoms with Crippen LogP contribution in [0.4, 0.5) is 0 Å². The van der Waals surface area contributed by atoms with Crippen molar-refractivity contribution in [3.63, 3.8) is 0 Å². The molecule has 0 aliphatic carbocycles. The molecule has 0 N–H and O–H groups in total. The predicted molar refractivity (Wildman–Crippen MR) is 50.2 cm³/mol. The van der Waals surface area contributed by atoms with E-state index in [1.807, 2.05) is 0 Å². The SMILES string of the molecule is O=C([O-])Cc1cc(Cl)c(Cl)cc1Cl.[Na+]. The number of aliphatic carboxylic acids is 1. The first-order valence-electron chi connectivity index (χ1n) is 3.34. The van der Waals surface area contributed by atoms with Crippen molar-refractivity contribution in [2.75, 3.05) is 0 Å². The molecule has 0 fully saturated rings. The van der Waals surface area contributed by atoms with E-state index in [-0.39, 0.29) is 46.0 Å². The number of hydrogen-bond donors (Lipinski definition) is 0. The summed E-state index contributed by atoms with van der Waals surface area (Å²) in [5, 5.41) is 11.1. The quantitative estimate of drug-likeness (QED) is 0.503. The zero-order chi connectivity index (χ0) is 10.0. The summed E-state index contributed by atoms with van der Waals surface area (Å²) < 4.78 is 0. The van der Waals surface area contributed by atoms with E-state index in [4.69, 9.17) is 34.8 Å². The Bertz CT molecular complexity index is 355. The second kappa shape index (κ2) is 6.21. The van der Waals surface area contributed by atoms with E-state index in [2.05, 4.69) is 0 Å². The van der Waals surface area contributed by atoms with Gasteiger partial charge < -0.3 is 9.90 Å². The van der Waals surface area contributed by atoms with Gasteiger partial charge in [-0.1, -0.05) is 34.8 Å². The van der Waals surface area contributed by atoms with Gasteiger partial charge in [-0.15, -0.1) is 0 Å². The molecule has 0 aliphatic heterocycles. The Hall–Kier alpha value is 0.560. The van der Waals surface area contributed by atoms with Gasteiger partial charge in [0.15, 0.2) is 0 Å². The van der Waals surface area contributed by atoms with Crippen molar-refractivity contribution in [3.8, 4) is 0 Å². The van der Waals surface area contributed by atoms with Gasteiger partial charge >= 0.3 is 29.6 Å². The second-order valence-corrected chi connectivity index (χ2v) is 3.63. The van der Waals surface area contributed by atoms with E-state index < -0.39 is 5.97 Å². The summed E-state index contributed by atoms with van der Waals surface area (Å²) in [7, 11) is 0. The molecule has 0 aromatic heterocycles. The molecule has 14 heavy (non-hydrogen) atoms. The van der Waals surface area contributed by atoms with E-state index in [9.17, 15) is 9.90 Å². The van der Waals surface area contributed by atoms with Gasteiger partial charge in [0.2, 0.25) is 0 Å².